The Morgan fingerprint density at radius 3 is 2.79 bits per heavy atom. The van der Waals surface area contributed by atoms with Gasteiger partial charge in [0.25, 0.3) is 0 Å². The molecule has 76 valence electrons. The van der Waals surface area contributed by atoms with Crippen molar-refractivity contribution >= 4 is 17.1 Å². The minimum absolute atomic E-state index is 0.259. The summed E-state index contributed by atoms with van der Waals surface area (Å²) < 4.78 is 0. The SMILES string of the molecule is Cc1csc(C(=O)C2CCNCC2)c1. The van der Waals surface area contributed by atoms with E-state index in [1.54, 1.807) is 11.3 Å². The number of piperidine rings is 1. The summed E-state index contributed by atoms with van der Waals surface area (Å²) in [6.45, 7) is 4.01. The Hall–Kier alpha value is -0.670. The minimum Gasteiger partial charge on any atom is -0.317 e. The fourth-order valence-corrected chi connectivity index (χ4v) is 2.76. The first-order chi connectivity index (χ1) is 6.77. The lowest BCUT2D eigenvalue weighted by atomic mass is 9.93. The average molecular weight is 209 g/mol. The molecule has 1 aromatic heterocycles. The van der Waals surface area contributed by atoms with E-state index in [4.69, 9.17) is 0 Å². The molecule has 0 bridgehead atoms. The van der Waals surface area contributed by atoms with E-state index in [1.807, 2.05) is 18.4 Å². The summed E-state index contributed by atoms with van der Waals surface area (Å²) in [5.41, 5.74) is 1.20. The highest BCUT2D eigenvalue weighted by molar-refractivity contribution is 7.12. The molecule has 1 saturated heterocycles. The maximum Gasteiger partial charge on any atom is 0.175 e. The van der Waals surface area contributed by atoms with Crippen molar-refractivity contribution in [1.29, 1.82) is 0 Å². The first-order valence-electron chi connectivity index (χ1n) is 5.07. The largest absolute Gasteiger partial charge is 0.317 e. The highest BCUT2D eigenvalue weighted by atomic mass is 32.1. The van der Waals surface area contributed by atoms with Crippen LogP contribution in [0, 0.1) is 12.8 Å². The van der Waals surface area contributed by atoms with Gasteiger partial charge in [0.2, 0.25) is 0 Å². The fourth-order valence-electron chi connectivity index (χ4n) is 1.85. The fraction of sp³-hybridized carbons (Fsp3) is 0.545. The molecule has 0 atom stereocenters. The van der Waals surface area contributed by atoms with Gasteiger partial charge in [0.05, 0.1) is 4.88 Å². The lowest BCUT2D eigenvalue weighted by Crippen LogP contribution is -2.31. The van der Waals surface area contributed by atoms with Gasteiger partial charge in [0.15, 0.2) is 5.78 Å². The Kier molecular flexibility index (Phi) is 2.99. The molecule has 0 aromatic carbocycles. The van der Waals surface area contributed by atoms with E-state index in [-0.39, 0.29) is 5.92 Å². The highest BCUT2D eigenvalue weighted by Gasteiger charge is 2.22. The van der Waals surface area contributed by atoms with Crippen molar-refractivity contribution < 1.29 is 4.79 Å². The van der Waals surface area contributed by atoms with Gasteiger partial charge in [0, 0.05) is 5.92 Å². The predicted molar refractivity (Wildman–Crippen MR) is 59.0 cm³/mol. The summed E-state index contributed by atoms with van der Waals surface area (Å²) in [5.74, 6) is 0.610. The summed E-state index contributed by atoms with van der Waals surface area (Å²) in [6.07, 6.45) is 1.99. The molecular formula is C11H15NOS. The van der Waals surface area contributed by atoms with Crippen molar-refractivity contribution in [1.82, 2.24) is 5.32 Å². The Bertz CT molecular complexity index is 326. The van der Waals surface area contributed by atoms with Gasteiger partial charge in [-0.2, -0.15) is 0 Å². The summed E-state index contributed by atoms with van der Waals surface area (Å²) in [7, 11) is 0. The molecular weight excluding hydrogens is 194 g/mol. The minimum atomic E-state index is 0.259. The molecule has 3 heteroatoms. The number of Topliss-reactive ketones (excluding diaryl/α,β-unsaturated/α-hetero) is 1. The number of rotatable bonds is 2. The van der Waals surface area contributed by atoms with Crippen LogP contribution in [0.15, 0.2) is 11.4 Å². The third-order valence-electron chi connectivity index (χ3n) is 2.68. The molecule has 1 aliphatic rings. The number of nitrogens with one attached hydrogen (secondary N) is 1. The number of hydrogen-bond donors (Lipinski definition) is 1. The van der Waals surface area contributed by atoms with Crippen molar-refractivity contribution in [3.63, 3.8) is 0 Å². The van der Waals surface area contributed by atoms with E-state index in [0.717, 1.165) is 30.8 Å². The van der Waals surface area contributed by atoms with Crippen LogP contribution in [0.5, 0.6) is 0 Å². The Morgan fingerprint density at radius 2 is 2.21 bits per heavy atom. The van der Waals surface area contributed by atoms with Crippen LogP contribution in [-0.2, 0) is 0 Å². The predicted octanol–water partition coefficient (Wildman–Crippen LogP) is 2.24. The lowest BCUT2D eigenvalue weighted by molar-refractivity contribution is 0.0899. The number of carbonyl (C=O) groups is 1. The molecule has 0 radical (unpaired) electrons. The van der Waals surface area contributed by atoms with Gasteiger partial charge < -0.3 is 5.32 Å². The molecule has 0 spiro atoms. The van der Waals surface area contributed by atoms with Gasteiger partial charge in [-0.1, -0.05) is 0 Å². The zero-order valence-electron chi connectivity index (χ0n) is 8.38. The van der Waals surface area contributed by atoms with E-state index in [1.165, 1.54) is 5.56 Å². The molecule has 1 aliphatic heterocycles. The van der Waals surface area contributed by atoms with Crippen LogP contribution >= 0.6 is 11.3 Å². The zero-order valence-corrected chi connectivity index (χ0v) is 9.19. The number of carbonyl (C=O) groups excluding carboxylic acids is 1. The van der Waals surface area contributed by atoms with Gasteiger partial charge in [0.1, 0.15) is 0 Å². The molecule has 0 saturated carbocycles. The Labute approximate surface area is 88.3 Å². The standard InChI is InChI=1S/C11H15NOS/c1-8-6-10(14-7-8)11(13)9-2-4-12-5-3-9/h6-7,9,12H,2-5H2,1H3. The topological polar surface area (TPSA) is 29.1 Å². The van der Waals surface area contributed by atoms with Crippen molar-refractivity contribution in [3.8, 4) is 0 Å². The first kappa shape index (κ1) is 9.87. The molecule has 2 heterocycles. The number of ketones is 1. The molecule has 0 aliphatic carbocycles. The van der Waals surface area contributed by atoms with E-state index >= 15 is 0 Å². The maximum atomic E-state index is 12.0. The van der Waals surface area contributed by atoms with E-state index < -0.39 is 0 Å². The highest BCUT2D eigenvalue weighted by Crippen LogP contribution is 2.22. The third-order valence-corrected chi connectivity index (χ3v) is 3.75. The third kappa shape index (κ3) is 2.04. The average Bonchev–Trinajstić information content (AvgIpc) is 2.65. The Balaban J connectivity index is 2.07. The molecule has 1 aromatic rings. The smallest absolute Gasteiger partial charge is 0.175 e. The van der Waals surface area contributed by atoms with Crippen LogP contribution in [0.3, 0.4) is 0 Å². The summed E-state index contributed by atoms with van der Waals surface area (Å²) >= 11 is 1.58. The molecule has 1 fully saturated rings. The molecule has 0 unspecified atom stereocenters. The number of thiophene rings is 1. The maximum absolute atomic E-state index is 12.0. The van der Waals surface area contributed by atoms with Crippen molar-refractivity contribution in [3.05, 3.63) is 21.9 Å². The molecule has 1 N–H and O–H groups in total. The zero-order chi connectivity index (χ0) is 9.97. The summed E-state index contributed by atoms with van der Waals surface area (Å²) in [4.78, 5) is 12.9. The van der Waals surface area contributed by atoms with Crippen molar-refractivity contribution in [2.24, 2.45) is 5.92 Å². The Morgan fingerprint density at radius 1 is 1.50 bits per heavy atom. The lowest BCUT2D eigenvalue weighted by Gasteiger charge is -2.20. The van der Waals surface area contributed by atoms with Crippen LogP contribution in [0.2, 0.25) is 0 Å². The van der Waals surface area contributed by atoms with Gasteiger partial charge in [-0.05, 0) is 49.9 Å². The first-order valence-corrected chi connectivity index (χ1v) is 5.95. The van der Waals surface area contributed by atoms with Crippen molar-refractivity contribution in [2.45, 2.75) is 19.8 Å². The molecule has 14 heavy (non-hydrogen) atoms. The van der Waals surface area contributed by atoms with E-state index in [9.17, 15) is 4.79 Å². The second-order valence-corrected chi connectivity index (χ2v) is 4.79. The second kappa shape index (κ2) is 4.24. The second-order valence-electron chi connectivity index (χ2n) is 3.88. The van der Waals surface area contributed by atoms with Crippen LogP contribution < -0.4 is 5.32 Å². The van der Waals surface area contributed by atoms with Crippen LogP contribution in [0.4, 0.5) is 0 Å². The van der Waals surface area contributed by atoms with Gasteiger partial charge in [-0.25, -0.2) is 0 Å². The van der Waals surface area contributed by atoms with Crippen LogP contribution in [-0.4, -0.2) is 18.9 Å². The quantitative estimate of drug-likeness (QED) is 0.757. The van der Waals surface area contributed by atoms with Gasteiger partial charge in [-0.15, -0.1) is 11.3 Å². The molecule has 0 amide bonds. The van der Waals surface area contributed by atoms with E-state index in [0.29, 0.717) is 5.78 Å². The van der Waals surface area contributed by atoms with Gasteiger partial charge >= 0.3 is 0 Å². The summed E-state index contributed by atoms with van der Waals surface area (Å²) in [6, 6.07) is 2.01. The van der Waals surface area contributed by atoms with Gasteiger partial charge in [-0.3, -0.25) is 4.79 Å². The number of hydrogen-bond acceptors (Lipinski definition) is 3. The summed E-state index contributed by atoms with van der Waals surface area (Å²) in [5, 5.41) is 5.33. The van der Waals surface area contributed by atoms with Crippen molar-refractivity contribution in [2.75, 3.05) is 13.1 Å². The monoisotopic (exact) mass is 209 g/mol. The number of aryl methyl sites for hydroxylation is 1. The normalized spacial score (nSPS) is 18.4. The van der Waals surface area contributed by atoms with Crippen LogP contribution in [0.25, 0.3) is 0 Å². The molecule has 2 nitrogen and oxygen atoms in total. The molecule has 2 rings (SSSR count). The van der Waals surface area contributed by atoms with Crippen LogP contribution in [0.1, 0.15) is 28.1 Å². The van der Waals surface area contributed by atoms with E-state index in [2.05, 4.69) is 5.32 Å².